The number of rotatable bonds is 7. The molecule has 0 saturated heterocycles. The second kappa shape index (κ2) is 8.13. The number of nitrogens with zero attached hydrogens (tertiary/aromatic N) is 4. The third kappa shape index (κ3) is 4.30. The third-order valence-corrected chi connectivity index (χ3v) is 3.94. The Morgan fingerprint density at radius 1 is 1.15 bits per heavy atom. The predicted molar refractivity (Wildman–Crippen MR) is 104 cm³/mol. The summed E-state index contributed by atoms with van der Waals surface area (Å²) in [6.07, 6.45) is 1.31. The molecule has 0 saturated carbocycles. The molecule has 0 aliphatic heterocycles. The van der Waals surface area contributed by atoms with Crippen molar-refractivity contribution in [1.29, 1.82) is 0 Å². The number of aromatic nitrogens is 2. The van der Waals surface area contributed by atoms with Gasteiger partial charge in [-0.2, -0.15) is 0 Å². The van der Waals surface area contributed by atoms with Crippen molar-refractivity contribution in [2.24, 2.45) is 0 Å². The lowest BCUT2D eigenvalue weighted by Gasteiger charge is -2.19. The number of nitro groups is 1. The Morgan fingerprint density at radius 2 is 1.93 bits per heavy atom. The summed E-state index contributed by atoms with van der Waals surface area (Å²) in [6.45, 7) is 0.483. The molecular formula is C19H19N5O3. The normalized spacial score (nSPS) is 10.3. The van der Waals surface area contributed by atoms with Gasteiger partial charge < -0.3 is 15.0 Å². The summed E-state index contributed by atoms with van der Waals surface area (Å²) in [6, 6.07) is 16.8. The molecule has 2 aromatic carbocycles. The molecule has 0 aliphatic carbocycles. The van der Waals surface area contributed by atoms with Gasteiger partial charge in [0.1, 0.15) is 12.1 Å². The van der Waals surface area contributed by atoms with Crippen molar-refractivity contribution in [2.45, 2.75) is 6.54 Å². The number of benzene rings is 2. The van der Waals surface area contributed by atoms with Gasteiger partial charge in [0.15, 0.2) is 0 Å². The molecule has 8 heteroatoms. The first-order valence-electron chi connectivity index (χ1n) is 8.24. The molecule has 0 bridgehead atoms. The summed E-state index contributed by atoms with van der Waals surface area (Å²) in [5, 5.41) is 14.7. The van der Waals surface area contributed by atoms with E-state index in [0.717, 1.165) is 5.56 Å². The lowest BCUT2D eigenvalue weighted by atomic mass is 10.2. The van der Waals surface area contributed by atoms with Crippen LogP contribution < -0.4 is 15.0 Å². The van der Waals surface area contributed by atoms with Crippen molar-refractivity contribution in [2.75, 3.05) is 24.4 Å². The number of hydrogen-bond donors (Lipinski definition) is 1. The van der Waals surface area contributed by atoms with Crippen LogP contribution in [-0.2, 0) is 6.54 Å². The van der Waals surface area contributed by atoms with Crippen LogP contribution in [0.25, 0.3) is 0 Å². The molecule has 0 fully saturated rings. The van der Waals surface area contributed by atoms with Crippen molar-refractivity contribution in [1.82, 2.24) is 9.97 Å². The van der Waals surface area contributed by atoms with Gasteiger partial charge in [-0.1, -0.05) is 36.4 Å². The van der Waals surface area contributed by atoms with E-state index < -0.39 is 4.92 Å². The number of methoxy groups -OCH3 is 1. The fourth-order valence-electron chi connectivity index (χ4n) is 2.68. The minimum Gasteiger partial charge on any atom is -0.497 e. The summed E-state index contributed by atoms with van der Waals surface area (Å²) < 4.78 is 5.18. The molecule has 0 aliphatic rings. The van der Waals surface area contributed by atoms with E-state index in [2.05, 4.69) is 15.3 Å². The molecular weight excluding hydrogens is 346 g/mol. The molecule has 0 amide bonds. The molecule has 0 atom stereocenters. The van der Waals surface area contributed by atoms with Gasteiger partial charge in [0.05, 0.1) is 12.0 Å². The molecule has 8 nitrogen and oxygen atoms in total. The predicted octanol–water partition coefficient (Wildman–Crippen LogP) is 3.77. The fourth-order valence-corrected chi connectivity index (χ4v) is 2.68. The minimum atomic E-state index is -0.473. The number of nitrogens with one attached hydrogen (secondary N) is 1. The first-order valence-corrected chi connectivity index (χ1v) is 8.24. The van der Waals surface area contributed by atoms with E-state index in [9.17, 15) is 10.1 Å². The van der Waals surface area contributed by atoms with E-state index in [1.807, 2.05) is 30.3 Å². The maximum absolute atomic E-state index is 11.7. The molecule has 3 aromatic rings. The van der Waals surface area contributed by atoms with Crippen LogP contribution in [0.4, 0.5) is 23.0 Å². The van der Waals surface area contributed by atoms with E-state index in [-0.39, 0.29) is 17.3 Å². The highest BCUT2D eigenvalue weighted by Crippen LogP contribution is 2.34. The number of ether oxygens (including phenoxy) is 1. The zero-order valence-electron chi connectivity index (χ0n) is 15.0. The van der Waals surface area contributed by atoms with E-state index in [1.165, 1.54) is 6.33 Å². The van der Waals surface area contributed by atoms with Crippen molar-refractivity contribution in [3.8, 4) is 5.75 Å². The Kier molecular flexibility index (Phi) is 5.46. The smallest absolute Gasteiger partial charge is 0.353 e. The molecule has 138 valence electrons. The van der Waals surface area contributed by atoms with Crippen molar-refractivity contribution < 1.29 is 9.66 Å². The van der Waals surface area contributed by atoms with Crippen LogP contribution >= 0.6 is 0 Å². The van der Waals surface area contributed by atoms with Crippen molar-refractivity contribution >= 4 is 23.0 Å². The van der Waals surface area contributed by atoms with Gasteiger partial charge in [-0.3, -0.25) is 10.1 Å². The summed E-state index contributed by atoms with van der Waals surface area (Å²) in [7, 11) is 3.32. The lowest BCUT2D eigenvalue weighted by molar-refractivity contribution is -0.383. The summed E-state index contributed by atoms with van der Waals surface area (Å²) in [5.74, 6) is 1.00. The van der Waals surface area contributed by atoms with Gasteiger partial charge in [-0.25, -0.2) is 9.97 Å². The summed E-state index contributed by atoms with van der Waals surface area (Å²) in [5.41, 5.74) is 1.47. The Labute approximate surface area is 156 Å². The second-order valence-electron chi connectivity index (χ2n) is 5.85. The molecule has 3 rings (SSSR count). The van der Waals surface area contributed by atoms with Gasteiger partial charge in [0, 0.05) is 25.3 Å². The average molecular weight is 365 g/mol. The zero-order chi connectivity index (χ0) is 19.2. The van der Waals surface area contributed by atoms with Gasteiger partial charge in [-0.15, -0.1) is 0 Å². The van der Waals surface area contributed by atoms with Gasteiger partial charge in [-0.05, 0) is 17.7 Å². The maximum Gasteiger partial charge on any atom is 0.353 e. The number of anilines is 3. The molecule has 0 unspecified atom stereocenters. The molecule has 27 heavy (non-hydrogen) atoms. The summed E-state index contributed by atoms with van der Waals surface area (Å²) in [4.78, 5) is 21.2. The number of hydrogen-bond acceptors (Lipinski definition) is 7. The van der Waals surface area contributed by atoms with Gasteiger partial charge in [0.25, 0.3) is 0 Å². The van der Waals surface area contributed by atoms with E-state index in [4.69, 9.17) is 4.74 Å². The first-order chi connectivity index (χ1) is 13.1. The monoisotopic (exact) mass is 365 g/mol. The first kappa shape index (κ1) is 18.1. The summed E-state index contributed by atoms with van der Waals surface area (Å²) >= 11 is 0. The van der Waals surface area contributed by atoms with Crippen LogP contribution in [0.1, 0.15) is 5.56 Å². The van der Waals surface area contributed by atoms with E-state index in [1.54, 1.807) is 43.3 Å². The topological polar surface area (TPSA) is 93.4 Å². The highest BCUT2D eigenvalue weighted by atomic mass is 16.6. The molecule has 1 aromatic heterocycles. The largest absolute Gasteiger partial charge is 0.497 e. The van der Waals surface area contributed by atoms with Crippen LogP contribution in [0.3, 0.4) is 0 Å². The van der Waals surface area contributed by atoms with Gasteiger partial charge in [0.2, 0.25) is 11.6 Å². The zero-order valence-corrected chi connectivity index (χ0v) is 15.0. The van der Waals surface area contributed by atoms with Crippen LogP contribution in [0, 0.1) is 10.1 Å². The lowest BCUT2D eigenvalue weighted by Crippen LogP contribution is -2.20. The Hall–Kier alpha value is -3.68. The van der Waals surface area contributed by atoms with E-state index >= 15 is 0 Å². The third-order valence-electron chi connectivity index (χ3n) is 3.94. The maximum atomic E-state index is 11.7. The van der Waals surface area contributed by atoms with Crippen LogP contribution in [0.5, 0.6) is 5.75 Å². The molecule has 1 N–H and O–H groups in total. The van der Waals surface area contributed by atoms with Crippen LogP contribution in [0.2, 0.25) is 0 Å². The van der Waals surface area contributed by atoms with Crippen molar-refractivity contribution in [3.63, 3.8) is 0 Å². The highest BCUT2D eigenvalue weighted by molar-refractivity contribution is 5.74. The average Bonchev–Trinajstić information content (AvgIpc) is 2.68. The van der Waals surface area contributed by atoms with Gasteiger partial charge >= 0.3 is 5.69 Å². The molecule has 0 spiro atoms. The SMILES string of the molecule is COc1cccc(Nc2ncnc(N(C)Cc3ccccc3)c2[N+](=O)[O-])c1. The molecule has 1 heterocycles. The van der Waals surface area contributed by atoms with E-state index in [0.29, 0.717) is 18.0 Å². The fraction of sp³-hybridized carbons (Fsp3) is 0.158. The van der Waals surface area contributed by atoms with Crippen LogP contribution in [0.15, 0.2) is 60.9 Å². The van der Waals surface area contributed by atoms with Crippen LogP contribution in [-0.4, -0.2) is 29.0 Å². The Balaban J connectivity index is 1.93. The van der Waals surface area contributed by atoms with Crippen molar-refractivity contribution in [3.05, 3.63) is 76.6 Å². The minimum absolute atomic E-state index is 0.123. The highest BCUT2D eigenvalue weighted by Gasteiger charge is 2.25. The Morgan fingerprint density at radius 3 is 2.63 bits per heavy atom. The second-order valence-corrected chi connectivity index (χ2v) is 5.85. The standard InChI is InChI=1S/C19H19N5O3/c1-23(12-14-7-4-3-5-8-14)19-17(24(25)26)18(20-13-21-19)22-15-9-6-10-16(11-15)27-2/h3-11,13H,12H2,1-2H3,(H,20,21,22). The molecule has 0 radical (unpaired) electrons. The Bertz CT molecular complexity index is 934. The quantitative estimate of drug-likeness (QED) is 0.503.